The van der Waals surface area contributed by atoms with Crippen molar-refractivity contribution in [2.45, 2.75) is 32.0 Å². The van der Waals surface area contributed by atoms with Crippen LogP contribution in [0.2, 0.25) is 0 Å². The van der Waals surface area contributed by atoms with Gasteiger partial charge in [0.25, 0.3) is 0 Å². The Hall–Kier alpha value is -3.55. The Morgan fingerprint density at radius 3 is 2.50 bits per heavy atom. The maximum Gasteiger partial charge on any atom is 0.407 e. The molecule has 2 aromatic carbocycles. The Morgan fingerprint density at radius 2 is 1.77 bits per heavy atom. The van der Waals surface area contributed by atoms with E-state index in [4.69, 9.17) is 9.72 Å². The van der Waals surface area contributed by atoms with Crippen molar-refractivity contribution < 1.29 is 19.4 Å². The topological polar surface area (TPSA) is 96.7 Å². The minimum atomic E-state index is -0.882. The van der Waals surface area contributed by atoms with E-state index in [1.54, 1.807) is 0 Å². The Bertz CT molecular complexity index is 1030. The van der Waals surface area contributed by atoms with Gasteiger partial charge in [0.1, 0.15) is 12.4 Å². The van der Waals surface area contributed by atoms with E-state index >= 15 is 0 Å². The fourth-order valence-electron chi connectivity index (χ4n) is 3.87. The largest absolute Gasteiger partial charge is 0.465 e. The summed E-state index contributed by atoms with van der Waals surface area (Å²) in [5.41, 5.74) is 2.76. The van der Waals surface area contributed by atoms with E-state index in [0.717, 1.165) is 22.4 Å². The third-order valence-corrected chi connectivity index (χ3v) is 5.37. The van der Waals surface area contributed by atoms with Crippen molar-refractivity contribution in [3.05, 3.63) is 66.0 Å². The molecule has 2 heterocycles. The summed E-state index contributed by atoms with van der Waals surface area (Å²) in [4.78, 5) is 29.5. The van der Waals surface area contributed by atoms with Crippen LogP contribution >= 0.6 is 0 Å². The molecule has 0 saturated carbocycles. The maximum absolute atomic E-state index is 12.2. The quantitative estimate of drug-likeness (QED) is 0.670. The number of amides is 2. The molecule has 8 heteroatoms. The molecular weight excluding hydrogens is 384 g/mol. The molecule has 0 aliphatic carbocycles. The summed E-state index contributed by atoms with van der Waals surface area (Å²) in [7, 11) is 0. The first-order chi connectivity index (χ1) is 14.6. The first kappa shape index (κ1) is 19.8. The second kappa shape index (κ2) is 8.86. The number of benzene rings is 2. The van der Waals surface area contributed by atoms with Gasteiger partial charge in [-0.1, -0.05) is 42.5 Å². The molecule has 1 aliphatic heterocycles. The highest BCUT2D eigenvalue weighted by Gasteiger charge is 2.26. The van der Waals surface area contributed by atoms with Crippen LogP contribution < -0.4 is 5.32 Å². The van der Waals surface area contributed by atoms with Crippen LogP contribution in [0.1, 0.15) is 30.3 Å². The van der Waals surface area contributed by atoms with Crippen molar-refractivity contribution in [3.63, 3.8) is 0 Å². The Kier molecular flexibility index (Phi) is 5.83. The molecule has 0 radical (unpaired) electrons. The highest BCUT2D eigenvalue weighted by molar-refractivity contribution is 5.76. The third kappa shape index (κ3) is 4.37. The zero-order valence-electron chi connectivity index (χ0n) is 16.5. The standard InChI is InChI=1S/C22H24N4O4/c27-21(30-15-16-6-2-1-3-7-16)23-14-20-24-18-8-4-5-9-19(18)26(20)17-10-12-25(13-11-17)22(28)29/h1-9,17H,10-15H2,(H,23,27)(H,28,29). The van der Waals surface area contributed by atoms with Gasteiger partial charge >= 0.3 is 12.2 Å². The lowest BCUT2D eigenvalue weighted by Crippen LogP contribution is -2.38. The summed E-state index contributed by atoms with van der Waals surface area (Å²) >= 11 is 0. The predicted octanol–water partition coefficient (Wildman–Crippen LogP) is 3.78. The molecule has 8 nitrogen and oxygen atoms in total. The number of para-hydroxylation sites is 2. The van der Waals surface area contributed by atoms with Crippen molar-refractivity contribution in [2.75, 3.05) is 13.1 Å². The number of carbonyl (C=O) groups is 2. The van der Waals surface area contributed by atoms with Crippen molar-refractivity contribution in [2.24, 2.45) is 0 Å². The summed E-state index contributed by atoms with van der Waals surface area (Å²) in [6, 6.07) is 17.5. The van der Waals surface area contributed by atoms with Gasteiger partial charge in [-0.05, 0) is 30.5 Å². The van der Waals surface area contributed by atoms with Crippen LogP contribution in [0.5, 0.6) is 0 Å². The molecule has 30 heavy (non-hydrogen) atoms. The number of hydrogen-bond acceptors (Lipinski definition) is 4. The highest BCUT2D eigenvalue weighted by Crippen LogP contribution is 2.29. The molecule has 0 atom stereocenters. The number of hydrogen-bond donors (Lipinski definition) is 2. The molecule has 2 N–H and O–H groups in total. The lowest BCUT2D eigenvalue weighted by atomic mass is 10.0. The zero-order chi connectivity index (χ0) is 20.9. The van der Waals surface area contributed by atoms with Crippen LogP contribution in [0.15, 0.2) is 54.6 Å². The molecule has 2 amide bonds. The zero-order valence-corrected chi connectivity index (χ0v) is 16.5. The van der Waals surface area contributed by atoms with Gasteiger partial charge in [-0.2, -0.15) is 0 Å². The van der Waals surface area contributed by atoms with E-state index < -0.39 is 12.2 Å². The number of aromatic nitrogens is 2. The van der Waals surface area contributed by atoms with Gasteiger partial charge in [-0.3, -0.25) is 0 Å². The van der Waals surface area contributed by atoms with Gasteiger partial charge in [0.15, 0.2) is 0 Å². The Balaban J connectivity index is 1.45. The van der Waals surface area contributed by atoms with Crippen molar-refractivity contribution in [3.8, 4) is 0 Å². The Labute approximate surface area is 174 Å². The van der Waals surface area contributed by atoms with Crippen LogP contribution in [0.4, 0.5) is 9.59 Å². The maximum atomic E-state index is 12.2. The molecule has 0 bridgehead atoms. The number of carbonyl (C=O) groups excluding carboxylic acids is 1. The number of nitrogens with zero attached hydrogens (tertiary/aromatic N) is 3. The number of rotatable bonds is 5. The normalized spacial score (nSPS) is 14.6. The summed E-state index contributed by atoms with van der Waals surface area (Å²) in [6.07, 6.45) is 0.0288. The van der Waals surface area contributed by atoms with Gasteiger partial charge < -0.3 is 24.6 Å². The van der Waals surface area contributed by atoms with E-state index in [0.29, 0.717) is 25.9 Å². The number of alkyl carbamates (subject to hydrolysis) is 1. The van der Waals surface area contributed by atoms with Gasteiger partial charge in [0.2, 0.25) is 0 Å². The monoisotopic (exact) mass is 408 g/mol. The van der Waals surface area contributed by atoms with Crippen molar-refractivity contribution in [1.82, 2.24) is 19.8 Å². The third-order valence-electron chi connectivity index (χ3n) is 5.37. The van der Waals surface area contributed by atoms with Crippen LogP contribution in [-0.2, 0) is 17.9 Å². The van der Waals surface area contributed by atoms with Crippen LogP contribution in [-0.4, -0.2) is 44.8 Å². The van der Waals surface area contributed by atoms with E-state index in [-0.39, 0.29) is 19.2 Å². The summed E-state index contributed by atoms with van der Waals surface area (Å²) in [6.45, 7) is 1.41. The number of likely N-dealkylation sites (tertiary alicyclic amines) is 1. The lowest BCUT2D eigenvalue weighted by Gasteiger charge is -2.32. The fraction of sp³-hybridized carbons (Fsp3) is 0.318. The fourth-order valence-corrected chi connectivity index (χ4v) is 3.87. The molecule has 3 aromatic rings. The lowest BCUT2D eigenvalue weighted by molar-refractivity contribution is 0.125. The molecule has 1 saturated heterocycles. The first-order valence-corrected chi connectivity index (χ1v) is 10.00. The Morgan fingerprint density at radius 1 is 1.07 bits per heavy atom. The number of nitrogens with one attached hydrogen (secondary N) is 1. The molecule has 156 valence electrons. The van der Waals surface area contributed by atoms with Crippen LogP contribution in [0.25, 0.3) is 11.0 Å². The average molecular weight is 408 g/mol. The molecule has 1 fully saturated rings. The van der Waals surface area contributed by atoms with Gasteiger partial charge in [0.05, 0.1) is 17.6 Å². The average Bonchev–Trinajstić information content (AvgIpc) is 3.15. The minimum absolute atomic E-state index is 0.130. The van der Waals surface area contributed by atoms with E-state index in [1.165, 1.54) is 4.90 Å². The van der Waals surface area contributed by atoms with E-state index in [2.05, 4.69) is 9.88 Å². The second-order valence-electron chi connectivity index (χ2n) is 7.30. The van der Waals surface area contributed by atoms with Crippen LogP contribution in [0.3, 0.4) is 0 Å². The molecule has 1 aromatic heterocycles. The van der Waals surface area contributed by atoms with E-state index in [9.17, 15) is 14.7 Å². The summed E-state index contributed by atoms with van der Waals surface area (Å²) < 4.78 is 7.42. The smallest absolute Gasteiger partial charge is 0.407 e. The van der Waals surface area contributed by atoms with Gasteiger partial charge in [0, 0.05) is 19.1 Å². The second-order valence-corrected chi connectivity index (χ2v) is 7.30. The minimum Gasteiger partial charge on any atom is -0.465 e. The van der Waals surface area contributed by atoms with Crippen molar-refractivity contribution >= 4 is 23.2 Å². The van der Waals surface area contributed by atoms with E-state index in [1.807, 2.05) is 54.6 Å². The summed E-state index contributed by atoms with van der Waals surface area (Å²) in [5, 5.41) is 12.0. The first-order valence-electron chi connectivity index (χ1n) is 10.00. The van der Waals surface area contributed by atoms with Gasteiger partial charge in [-0.25, -0.2) is 14.6 Å². The summed E-state index contributed by atoms with van der Waals surface area (Å²) in [5.74, 6) is 0.738. The molecular formula is C22H24N4O4. The molecule has 0 unspecified atom stereocenters. The number of imidazole rings is 1. The number of fused-ring (bicyclic) bond motifs is 1. The number of piperidine rings is 1. The van der Waals surface area contributed by atoms with Crippen molar-refractivity contribution in [1.29, 1.82) is 0 Å². The number of carboxylic acid groups (broad SMARTS) is 1. The molecule has 4 rings (SSSR count). The SMILES string of the molecule is O=C(NCc1nc2ccccc2n1C1CCN(C(=O)O)CC1)OCc1ccccc1. The molecule has 0 spiro atoms. The number of ether oxygens (including phenoxy) is 1. The van der Waals surface area contributed by atoms with Crippen LogP contribution in [0, 0.1) is 0 Å². The predicted molar refractivity (Wildman–Crippen MR) is 111 cm³/mol. The van der Waals surface area contributed by atoms with Gasteiger partial charge in [-0.15, -0.1) is 0 Å². The molecule has 1 aliphatic rings. The highest BCUT2D eigenvalue weighted by atomic mass is 16.5.